The first kappa shape index (κ1) is 10.9. The third kappa shape index (κ3) is 3.15. The van der Waals surface area contributed by atoms with Gasteiger partial charge in [-0.2, -0.15) is 0 Å². The molecule has 5 heteroatoms. The van der Waals surface area contributed by atoms with Crippen molar-refractivity contribution in [1.29, 1.82) is 0 Å². The van der Waals surface area contributed by atoms with Crippen LogP contribution in [0.15, 0.2) is 0 Å². The fraction of sp³-hybridized carbons (Fsp3) is 0.900. The fourth-order valence-corrected chi connectivity index (χ4v) is 2.08. The van der Waals surface area contributed by atoms with E-state index in [4.69, 9.17) is 0 Å². The molecule has 0 aliphatic carbocycles. The topological polar surface area (TPSA) is 47.6 Å². The van der Waals surface area contributed by atoms with Crippen molar-refractivity contribution in [3.8, 4) is 0 Å². The maximum Gasteiger partial charge on any atom is 0.236 e. The molecular formula is C10H20N4O. The molecule has 2 aliphatic rings. The van der Waals surface area contributed by atoms with E-state index < -0.39 is 0 Å². The summed E-state index contributed by atoms with van der Waals surface area (Å²) in [6.45, 7) is 8.61. The number of carbonyl (C=O) groups excluding carboxylic acids is 1. The first-order valence-corrected chi connectivity index (χ1v) is 5.78. The van der Waals surface area contributed by atoms with Crippen LogP contribution in [0.2, 0.25) is 0 Å². The molecule has 2 saturated heterocycles. The summed E-state index contributed by atoms with van der Waals surface area (Å²) in [7, 11) is 0. The first-order chi connectivity index (χ1) is 7.36. The van der Waals surface area contributed by atoms with E-state index in [-0.39, 0.29) is 5.91 Å². The maximum atomic E-state index is 11.5. The number of amides is 1. The minimum atomic E-state index is 0.247. The van der Waals surface area contributed by atoms with Crippen LogP contribution in [0.3, 0.4) is 0 Å². The summed E-state index contributed by atoms with van der Waals surface area (Å²) in [6, 6.07) is 0. The number of carbonyl (C=O) groups is 1. The van der Waals surface area contributed by atoms with Gasteiger partial charge in [0.15, 0.2) is 0 Å². The minimum Gasteiger partial charge on any atom is -0.339 e. The van der Waals surface area contributed by atoms with Crippen LogP contribution in [0.1, 0.15) is 0 Å². The Labute approximate surface area is 90.8 Å². The van der Waals surface area contributed by atoms with Gasteiger partial charge in [-0.05, 0) is 0 Å². The van der Waals surface area contributed by atoms with Crippen molar-refractivity contribution in [1.82, 2.24) is 20.4 Å². The third-order valence-corrected chi connectivity index (χ3v) is 3.08. The molecule has 0 spiro atoms. The van der Waals surface area contributed by atoms with Gasteiger partial charge < -0.3 is 15.5 Å². The van der Waals surface area contributed by atoms with E-state index in [0.717, 1.165) is 52.4 Å². The van der Waals surface area contributed by atoms with Crippen LogP contribution in [0.25, 0.3) is 0 Å². The molecule has 0 atom stereocenters. The Morgan fingerprint density at radius 3 is 2.47 bits per heavy atom. The van der Waals surface area contributed by atoms with E-state index in [2.05, 4.69) is 15.5 Å². The lowest BCUT2D eigenvalue weighted by Crippen LogP contribution is -2.52. The molecule has 0 bridgehead atoms. The van der Waals surface area contributed by atoms with Gasteiger partial charge in [0.25, 0.3) is 0 Å². The monoisotopic (exact) mass is 212 g/mol. The molecule has 0 aromatic carbocycles. The van der Waals surface area contributed by atoms with Crippen LogP contribution < -0.4 is 10.6 Å². The highest BCUT2D eigenvalue weighted by Crippen LogP contribution is 1.97. The summed E-state index contributed by atoms with van der Waals surface area (Å²) in [5.74, 6) is 0.247. The first-order valence-electron chi connectivity index (χ1n) is 5.78. The lowest BCUT2D eigenvalue weighted by Gasteiger charge is -2.32. The van der Waals surface area contributed by atoms with E-state index >= 15 is 0 Å². The number of nitrogens with zero attached hydrogens (tertiary/aromatic N) is 2. The van der Waals surface area contributed by atoms with Gasteiger partial charge in [-0.3, -0.25) is 9.69 Å². The molecule has 5 nitrogen and oxygen atoms in total. The van der Waals surface area contributed by atoms with Crippen molar-refractivity contribution >= 4 is 5.91 Å². The molecule has 2 aliphatic heterocycles. The van der Waals surface area contributed by atoms with E-state index in [1.165, 1.54) is 0 Å². The van der Waals surface area contributed by atoms with Gasteiger partial charge in [0.1, 0.15) is 0 Å². The number of nitrogens with one attached hydrogen (secondary N) is 2. The Bertz CT molecular complexity index is 215. The molecule has 86 valence electrons. The second-order valence-electron chi connectivity index (χ2n) is 4.15. The molecule has 2 fully saturated rings. The van der Waals surface area contributed by atoms with Crippen LogP contribution in [-0.4, -0.2) is 74.6 Å². The Kier molecular flexibility index (Phi) is 3.94. The molecule has 0 unspecified atom stereocenters. The zero-order chi connectivity index (χ0) is 10.5. The smallest absolute Gasteiger partial charge is 0.236 e. The van der Waals surface area contributed by atoms with Gasteiger partial charge in [-0.15, -0.1) is 0 Å². The minimum absolute atomic E-state index is 0.247. The summed E-state index contributed by atoms with van der Waals surface area (Å²) in [5.41, 5.74) is 0. The van der Waals surface area contributed by atoms with E-state index in [0.29, 0.717) is 6.54 Å². The van der Waals surface area contributed by atoms with Crippen LogP contribution in [0.4, 0.5) is 0 Å². The fourth-order valence-electron chi connectivity index (χ4n) is 2.08. The summed E-state index contributed by atoms with van der Waals surface area (Å²) in [6.07, 6.45) is 0. The largest absolute Gasteiger partial charge is 0.339 e. The standard InChI is InChI=1S/C10H20N4O/c15-10-9-12-3-6-14(10)8-7-13-4-1-11-2-5-13/h11-12H,1-9H2. The maximum absolute atomic E-state index is 11.5. The summed E-state index contributed by atoms with van der Waals surface area (Å²) in [4.78, 5) is 15.9. The van der Waals surface area contributed by atoms with Crippen LogP contribution in [0, 0.1) is 0 Å². The summed E-state index contributed by atoms with van der Waals surface area (Å²) < 4.78 is 0. The molecule has 2 rings (SSSR count). The highest BCUT2D eigenvalue weighted by Gasteiger charge is 2.18. The zero-order valence-corrected chi connectivity index (χ0v) is 9.17. The molecule has 0 saturated carbocycles. The average Bonchev–Trinajstić information content (AvgIpc) is 2.29. The predicted molar refractivity (Wildman–Crippen MR) is 58.8 cm³/mol. The number of hydrogen-bond donors (Lipinski definition) is 2. The molecule has 0 aromatic rings. The second-order valence-corrected chi connectivity index (χ2v) is 4.15. The van der Waals surface area contributed by atoms with Crippen molar-refractivity contribution in [2.45, 2.75) is 0 Å². The molecule has 2 N–H and O–H groups in total. The molecule has 15 heavy (non-hydrogen) atoms. The number of piperazine rings is 2. The van der Waals surface area contributed by atoms with E-state index in [1.807, 2.05) is 4.90 Å². The van der Waals surface area contributed by atoms with Gasteiger partial charge in [0.2, 0.25) is 5.91 Å². The quantitative estimate of drug-likeness (QED) is 0.587. The van der Waals surface area contributed by atoms with Crippen molar-refractivity contribution in [2.75, 3.05) is 58.9 Å². The van der Waals surface area contributed by atoms with Crippen molar-refractivity contribution in [3.63, 3.8) is 0 Å². The SMILES string of the molecule is O=C1CNCCN1CCN1CCNCC1. The Morgan fingerprint density at radius 2 is 1.73 bits per heavy atom. The van der Waals surface area contributed by atoms with Crippen molar-refractivity contribution in [3.05, 3.63) is 0 Å². The highest BCUT2D eigenvalue weighted by atomic mass is 16.2. The number of rotatable bonds is 3. The average molecular weight is 212 g/mol. The Morgan fingerprint density at radius 1 is 1.00 bits per heavy atom. The van der Waals surface area contributed by atoms with E-state index in [9.17, 15) is 4.79 Å². The lowest BCUT2D eigenvalue weighted by atomic mass is 10.3. The summed E-state index contributed by atoms with van der Waals surface area (Å²) >= 11 is 0. The molecule has 2 heterocycles. The van der Waals surface area contributed by atoms with Crippen LogP contribution in [0.5, 0.6) is 0 Å². The third-order valence-electron chi connectivity index (χ3n) is 3.08. The normalized spacial score (nSPS) is 24.5. The van der Waals surface area contributed by atoms with Crippen LogP contribution >= 0.6 is 0 Å². The summed E-state index contributed by atoms with van der Waals surface area (Å²) in [5, 5.41) is 6.42. The van der Waals surface area contributed by atoms with Crippen molar-refractivity contribution < 1.29 is 4.79 Å². The molecular weight excluding hydrogens is 192 g/mol. The number of hydrogen-bond acceptors (Lipinski definition) is 4. The molecule has 0 radical (unpaired) electrons. The van der Waals surface area contributed by atoms with Crippen LogP contribution in [-0.2, 0) is 4.79 Å². The van der Waals surface area contributed by atoms with Gasteiger partial charge in [0.05, 0.1) is 6.54 Å². The molecule has 0 aromatic heterocycles. The van der Waals surface area contributed by atoms with Gasteiger partial charge in [-0.25, -0.2) is 0 Å². The second kappa shape index (κ2) is 5.44. The van der Waals surface area contributed by atoms with Gasteiger partial charge in [-0.1, -0.05) is 0 Å². The van der Waals surface area contributed by atoms with Crippen molar-refractivity contribution in [2.24, 2.45) is 0 Å². The Balaban J connectivity index is 1.69. The highest BCUT2D eigenvalue weighted by molar-refractivity contribution is 5.78. The van der Waals surface area contributed by atoms with Gasteiger partial charge >= 0.3 is 0 Å². The predicted octanol–water partition coefficient (Wildman–Crippen LogP) is -1.68. The zero-order valence-electron chi connectivity index (χ0n) is 9.17. The Hall–Kier alpha value is -0.650. The lowest BCUT2D eigenvalue weighted by molar-refractivity contribution is -0.132. The van der Waals surface area contributed by atoms with Gasteiger partial charge in [0, 0.05) is 52.4 Å². The van der Waals surface area contributed by atoms with E-state index in [1.54, 1.807) is 0 Å². The molecule has 1 amide bonds.